The van der Waals surface area contributed by atoms with Crippen molar-refractivity contribution in [2.75, 3.05) is 26.4 Å². The summed E-state index contributed by atoms with van der Waals surface area (Å²) in [5.74, 6) is 1.30. The van der Waals surface area contributed by atoms with Gasteiger partial charge in [0.15, 0.2) is 5.96 Å². The molecule has 0 amide bonds. The number of aromatic nitrogens is 1. The number of benzene rings is 1. The third kappa shape index (κ3) is 6.63. The second-order valence-electron chi connectivity index (χ2n) is 5.45. The first-order valence-corrected chi connectivity index (χ1v) is 9.37. The predicted molar refractivity (Wildman–Crippen MR) is 116 cm³/mol. The molecule has 2 aromatic rings. The normalized spacial score (nSPS) is 12.4. The number of halogens is 2. The number of rotatable bonds is 6. The number of guanidine groups is 1. The number of hydrogen-bond acceptors (Lipinski definition) is 2. The van der Waals surface area contributed by atoms with Crippen molar-refractivity contribution in [3.05, 3.63) is 53.3 Å². The van der Waals surface area contributed by atoms with Gasteiger partial charge in [-0.2, -0.15) is 0 Å². The van der Waals surface area contributed by atoms with E-state index in [9.17, 15) is 4.21 Å². The molecule has 0 spiro atoms. The fourth-order valence-corrected chi connectivity index (χ4v) is 3.63. The van der Waals surface area contributed by atoms with Gasteiger partial charge in [-0.3, -0.25) is 9.20 Å². The Morgan fingerprint density at radius 2 is 2.04 bits per heavy atom. The topological polar surface area (TPSA) is 49.6 Å². The van der Waals surface area contributed by atoms with Gasteiger partial charge in [0.25, 0.3) is 0 Å². The molecule has 1 aromatic heterocycles. The molecule has 2 rings (SSSR count). The zero-order valence-electron chi connectivity index (χ0n) is 14.6. The van der Waals surface area contributed by atoms with Gasteiger partial charge in [0.05, 0.1) is 22.4 Å². The van der Waals surface area contributed by atoms with Crippen LogP contribution in [0.3, 0.4) is 0 Å². The van der Waals surface area contributed by atoms with Gasteiger partial charge in [-0.05, 0) is 18.2 Å². The lowest BCUT2D eigenvalue weighted by molar-refractivity contribution is 0.464. The average Bonchev–Trinajstić information content (AvgIpc) is 2.89. The Bertz CT molecular complexity index is 721. The fraction of sp³-hybridized carbons (Fsp3) is 0.353. The van der Waals surface area contributed by atoms with Gasteiger partial charge in [-0.1, -0.05) is 29.8 Å². The number of aryl methyl sites for hydroxylation is 1. The van der Waals surface area contributed by atoms with Gasteiger partial charge in [0, 0.05) is 50.2 Å². The highest BCUT2D eigenvalue weighted by Gasteiger charge is 2.10. The smallest absolute Gasteiger partial charge is 0.193 e. The maximum absolute atomic E-state index is 12.2. The molecule has 0 aliphatic carbocycles. The van der Waals surface area contributed by atoms with E-state index < -0.39 is 10.8 Å². The molecule has 1 atom stereocenters. The van der Waals surface area contributed by atoms with E-state index >= 15 is 0 Å². The van der Waals surface area contributed by atoms with Crippen LogP contribution in [-0.4, -0.2) is 46.0 Å². The van der Waals surface area contributed by atoms with E-state index in [0.29, 0.717) is 18.8 Å². The second-order valence-corrected chi connectivity index (χ2v) is 7.46. The lowest BCUT2D eigenvalue weighted by atomic mass is 10.4. The van der Waals surface area contributed by atoms with Crippen molar-refractivity contribution in [2.45, 2.75) is 11.4 Å². The SMILES string of the molecule is CN=C(NCCS(=O)c1ccccc1)N(C)Cc1cc(Cl)cn1C.I. The molecular weight excluding hydrogens is 471 g/mol. The standard InChI is InChI=1S/C17H23ClN4OS.HI/c1-19-17(22(3)13-15-11-14(18)12-21(15)2)20-9-10-24(23)16-7-5-4-6-8-16;/h4-8,11-12H,9-10,13H2,1-3H3,(H,19,20);1H. The van der Waals surface area contributed by atoms with E-state index in [-0.39, 0.29) is 24.0 Å². The third-order valence-corrected chi connectivity index (χ3v) is 5.20. The molecule has 8 heteroatoms. The van der Waals surface area contributed by atoms with Crippen LogP contribution in [0.2, 0.25) is 5.02 Å². The summed E-state index contributed by atoms with van der Waals surface area (Å²) >= 11 is 6.02. The molecule has 1 aromatic carbocycles. The van der Waals surface area contributed by atoms with Crippen molar-refractivity contribution in [3.8, 4) is 0 Å². The summed E-state index contributed by atoms with van der Waals surface area (Å²) in [6.45, 7) is 1.27. The van der Waals surface area contributed by atoms with Crippen LogP contribution < -0.4 is 5.32 Å². The van der Waals surface area contributed by atoms with Crippen LogP contribution in [0, 0.1) is 0 Å². The second kappa shape index (κ2) is 10.8. The quantitative estimate of drug-likeness (QED) is 0.381. The summed E-state index contributed by atoms with van der Waals surface area (Å²) in [4.78, 5) is 7.14. The first-order chi connectivity index (χ1) is 11.5. The minimum absolute atomic E-state index is 0. The van der Waals surface area contributed by atoms with Crippen molar-refractivity contribution < 1.29 is 4.21 Å². The molecule has 0 fully saturated rings. The van der Waals surface area contributed by atoms with Crippen LogP contribution in [-0.2, 0) is 24.4 Å². The van der Waals surface area contributed by atoms with Crippen molar-refractivity contribution >= 4 is 52.3 Å². The summed E-state index contributed by atoms with van der Waals surface area (Å²) in [7, 11) is 4.66. The molecule has 1 unspecified atom stereocenters. The van der Waals surface area contributed by atoms with E-state index in [1.165, 1.54) is 0 Å². The van der Waals surface area contributed by atoms with E-state index in [1.807, 2.05) is 66.2 Å². The van der Waals surface area contributed by atoms with Crippen LogP contribution in [0.4, 0.5) is 0 Å². The molecule has 0 bridgehead atoms. The molecule has 0 saturated heterocycles. The van der Waals surface area contributed by atoms with Crippen LogP contribution in [0.15, 0.2) is 52.5 Å². The fourth-order valence-electron chi connectivity index (χ4n) is 2.37. The summed E-state index contributed by atoms with van der Waals surface area (Å²) < 4.78 is 14.2. The minimum atomic E-state index is -1.01. The molecule has 0 aliphatic rings. The molecule has 0 radical (unpaired) electrons. The lowest BCUT2D eigenvalue weighted by Gasteiger charge is -2.22. The Hall–Kier alpha value is -1.06. The molecule has 25 heavy (non-hydrogen) atoms. The van der Waals surface area contributed by atoms with Gasteiger partial charge >= 0.3 is 0 Å². The Morgan fingerprint density at radius 1 is 1.36 bits per heavy atom. The molecule has 0 aliphatic heterocycles. The molecular formula is C17H24ClIN4OS. The van der Waals surface area contributed by atoms with Gasteiger partial charge in [0.1, 0.15) is 0 Å². The van der Waals surface area contributed by atoms with Crippen LogP contribution in [0.25, 0.3) is 0 Å². The Kier molecular flexibility index (Phi) is 9.52. The Balaban J connectivity index is 0.00000312. The van der Waals surface area contributed by atoms with Gasteiger partial charge in [0.2, 0.25) is 0 Å². The minimum Gasteiger partial charge on any atom is -0.355 e. The summed E-state index contributed by atoms with van der Waals surface area (Å²) in [5, 5.41) is 3.98. The van der Waals surface area contributed by atoms with Crippen LogP contribution in [0.5, 0.6) is 0 Å². The first kappa shape index (κ1) is 22.0. The number of aliphatic imine (C=N–C) groups is 1. The molecule has 138 valence electrons. The van der Waals surface area contributed by atoms with Gasteiger partial charge in [-0.25, -0.2) is 0 Å². The maximum atomic E-state index is 12.2. The maximum Gasteiger partial charge on any atom is 0.193 e. The molecule has 1 N–H and O–H groups in total. The Morgan fingerprint density at radius 3 is 2.60 bits per heavy atom. The van der Waals surface area contributed by atoms with Crippen LogP contribution >= 0.6 is 35.6 Å². The van der Waals surface area contributed by atoms with E-state index in [1.54, 1.807) is 7.05 Å². The average molecular weight is 495 g/mol. The third-order valence-electron chi connectivity index (χ3n) is 3.62. The highest BCUT2D eigenvalue weighted by molar-refractivity contribution is 14.0. The lowest BCUT2D eigenvalue weighted by Crippen LogP contribution is -2.40. The van der Waals surface area contributed by atoms with E-state index in [2.05, 4.69) is 10.3 Å². The molecule has 5 nitrogen and oxygen atoms in total. The van der Waals surface area contributed by atoms with Gasteiger partial charge in [-0.15, -0.1) is 24.0 Å². The molecule has 1 heterocycles. The zero-order valence-corrected chi connectivity index (χ0v) is 18.5. The van der Waals surface area contributed by atoms with Gasteiger partial charge < -0.3 is 14.8 Å². The first-order valence-electron chi connectivity index (χ1n) is 7.67. The molecule has 0 saturated carbocycles. The highest BCUT2D eigenvalue weighted by Crippen LogP contribution is 2.14. The summed E-state index contributed by atoms with van der Waals surface area (Å²) in [6.07, 6.45) is 1.88. The van der Waals surface area contributed by atoms with Crippen molar-refractivity contribution in [1.82, 2.24) is 14.8 Å². The van der Waals surface area contributed by atoms with Crippen LogP contribution in [0.1, 0.15) is 5.69 Å². The Labute approximate surface area is 173 Å². The summed E-state index contributed by atoms with van der Waals surface area (Å²) in [6, 6.07) is 11.4. The zero-order chi connectivity index (χ0) is 17.5. The summed E-state index contributed by atoms with van der Waals surface area (Å²) in [5.41, 5.74) is 1.10. The predicted octanol–water partition coefficient (Wildman–Crippen LogP) is 3.11. The highest BCUT2D eigenvalue weighted by atomic mass is 127. The van der Waals surface area contributed by atoms with E-state index in [4.69, 9.17) is 11.6 Å². The van der Waals surface area contributed by atoms with Crippen molar-refractivity contribution in [3.63, 3.8) is 0 Å². The number of nitrogens with zero attached hydrogens (tertiary/aromatic N) is 3. The number of hydrogen-bond donors (Lipinski definition) is 1. The monoisotopic (exact) mass is 494 g/mol. The largest absolute Gasteiger partial charge is 0.355 e. The van der Waals surface area contributed by atoms with E-state index in [0.717, 1.165) is 21.6 Å². The van der Waals surface area contributed by atoms with Crippen molar-refractivity contribution in [1.29, 1.82) is 0 Å². The number of nitrogens with one attached hydrogen (secondary N) is 1. The van der Waals surface area contributed by atoms with Crippen molar-refractivity contribution in [2.24, 2.45) is 12.0 Å².